The molecule has 0 saturated heterocycles. The molecule has 1 heterocycles. The van der Waals surface area contributed by atoms with Crippen LogP contribution in [-0.2, 0) is 0 Å². The summed E-state index contributed by atoms with van der Waals surface area (Å²) in [5.74, 6) is 1.50. The third kappa shape index (κ3) is 6.24. The molecular formula is C26H25N7. The van der Waals surface area contributed by atoms with E-state index in [-0.39, 0.29) is 0 Å². The number of benzene rings is 3. The van der Waals surface area contributed by atoms with Crippen molar-refractivity contribution in [1.82, 2.24) is 9.97 Å². The molecule has 0 aliphatic rings. The fourth-order valence-electron chi connectivity index (χ4n) is 3.05. The minimum Gasteiger partial charge on any atom is -0.340 e. The van der Waals surface area contributed by atoms with Crippen molar-refractivity contribution in [1.29, 1.82) is 0 Å². The van der Waals surface area contributed by atoms with E-state index in [1.54, 1.807) is 6.07 Å². The van der Waals surface area contributed by atoms with Crippen LogP contribution in [-0.4, -0.2) is 21.4 Å². The molecule has 3 aromatic carbocycles. The molecule has 0 bridgehead atoms. The molecule has 0 fully saturated rings. The van der Waals surface area contributed by atoms with E-state index in [9.17, 15) is 0 Å². The molecule has 0 saturated carbocycles. The molecule has 4 aromatic rings. The van der Waals surface area contributed by atoms with E-state index in [4.69, 9.17) is 0 Å². The second-order valence-corrected chi connectivity index (χ2v) is 7.30. The summed E-state index contributed by atoms with van der Waals surface area (Å²) < 4.78 is 0. The molecule has 0 aliphatic carbocycles. The molecule has 0 amide bonds. The van der Waals surface area contributed by atoms with E-state index < -0.39 is 0 Å². The fourth-order valence-corrected chi connectivity index (χ4v) is 3.05. The van der Waals surface area contributed by atoms with Crippen LogP contribution in [0.4, 0.5) is 23.3 Å². The van der Waals surface area contributed by atoms with Gasteiger partial charge in [-0.15, -0.1) is 0 Å². The summed E-state index contributed by atoms with van der Waals surface area (Å²) in [5.41, 5.74) is 10.6. The van der Waals surface area contributed by atoms with Gasteiger partial charge in [-0.1, -0.05) is 78.9 Å². The smallest absolute Gasteiger partial charge is 0.247 e. The van der Waals surface area contributed by atoms with Crippen LogP contribution in [0, 0.1) is 0 Å². The molecule has 7 heteroatoms. The van der Waals surface area contributed by atoms with Crippen molar-refractivity contribution >= 4 is 34.7 Å². The molecule has 0 spiro atoms. The standard InChI is InChI=1S/C26H25N7/c1-19(21-12-6-3-7-13-21)30-32-25-18-24(27-23-16-10-5-11-17-23)28-26(29-25)33-31-20(2)22-14-8-4-9-15-22/h3-18H,1-2H3,(H3,27,28,29,32,33). The van der Waals surface area contributed by atoms with E-state index in [2.05, 4.69) is 36.3 Å². The number of nitrogens with one attached hydrogen (secondary N) is 3. The van der Waals surface area contributed by atoms with Gasteiger partial charge in [0, 0.05) is 11.8 Å². The molecule has 1 aromatic heterocycles. The Kier molecular flexibility index (Phi) is 7.02. The van der Waals surface area contributed by atoms with Gasteiger partial charge in [-0.05, 0) is 37.1 Å². The van der Waals surface area contributed by atoms with Crippen molar-refractivity contribution in [3.8, 4) is 0 Å². The molecule has 0 radical (unpaired) electrons. The maximum Gasteiger partial charge on any atom is 0.247 e. The van der Waals surface area contributed by atoms with Crippen molar-refractivity contribution in [3.05, 3.63) is 108 Å². The SMILES string of the molecule is CC(=NNc1cc(Nc2ccccc2)nc(NN=C(C)c2ccccc2)n1)c1ccccc1. The predicted octanol–water partition coefficient (Wildman–Crippen LogP) is 5.89. The maximum atomic E-state index is 4.55. The van der Waals surface area contributed by atoms with E-state index in [0.717, 1.165) is 28.2 Å². The summed E-state index contributed by atoms with van der Waals surface area (Å²) >= 11 is 0. The van der Waals surface area contributed by atoms with Crippen molar-refractivity contribution in [2.45, 2.75) is 13.8 Å². The molecule has 0 unspecified atom stereocenters. The number of hydrogen-bond acceptors (Lipinski definition) is 7. The molecule has 7 nitrogen and oxygen atoms in total. The van der Waals surface area contributed by atoms with Crippen LogP contribution in [0.1, 0.15) is 25.0 Å². The maximum absolute atomic E-state index is 4.55. The number of hydrogen-bond donors (Lipinski definition) is 3. The lowest BCUT2D eigenvalue weighted by molar-refractivity contribution is 1.10. The summed E-state index contributed by atoms with van der Waals surface area (Å²) in [6, 6.07) is 31.5. The summed E-state index contributed by atoms with van der Waals surface area (Å²) in [6.07, 6.45) is 0. The largest absolute Gasteiger partial charge is 0.340 e. The van der Waals surface area contributed by atoms with Crippen molar-refractivity contribution in [2.24, 2.45) is 10.2 Å². The first-order valence-electron chi connectivity index (χ1n) is 10.6. The van der Waals surface area contributed by atoms with Gasteiger partial charge in [0.1, 0.15) is 5.82 Å². The zero-order valence-electron chi connectivity index (χ0n) is 18.5. The third-order valence-electron chi connectivity index (χ3n) is 4.82. The van der Waals surface area contributed by atoms with Crippen LogP contribution in [0.5, 0.6) is 0 Å². The van der Waals surface area contributed by atoms with E-state index in [1.807, 2.05) is 105 Å². The highest BCUT2D eigenvalue weighted by molar-refractivity contribution is 5.99. The van der Waals surface area contributed by atoms with Gasteiger partial charge in [0.15, 0.2) is 5.82 Å². The minimum absolute atomic E-state index is 0.348. The lowest BCUT2D eigenvalue weighted by atomic mass is 10.1. The van der Waals surface area contributed by atoms with E-state index in [0.29, 0.717) is 17.6 Å². The molecule has 164 valence electrons. The number of rotatable bonds is 8. The van der Waals surface area contributed by atoms with Crippen molar-refractivity contribution in [3.63, 3.8) is 0 Å². The second kappa shape index (κ2) is 10.7. The topological polar surface area (TPSA) is 86.6 Å². The Balaban J connectivity index is 1.59. The first-order chi connectivity index (χ1) is 16.2. The predicted molar refractivity (Wildman–Crippen MR) is 136 cm³/mol. The van der Waals surface area contributed by atoms with Crippen LogP contribution in [0.15, 0.2) is 107 Å². The highest BCUT2D eigenvalue weighted by Gasteiger charge is 2.06. The number of aromatic nitrogens is 2. The van der Waals surface area contributed by atoms with Crippen LogP contribution >= 0.6 is 0 Å². The molecule has 4 rings (SSSR count). The minimum atomic E-state index is 0.348. The molecule has 0 aliphatic heterocycles. The van der Waals surface area contributed by atoms with Crippen molar-refractivity contribution < 1.29 is 0 Å². The molecular weight excluding hydrogens is 410 g/mol. The summed E-state index contributed by atoms with van der Waals surface area (Å²) in [4.78, 5) is 9.07. The van der Waals surface area contributed by atoms with Gasteiger partial charge in [0.25, 0.3) is 0 Å². The molecule has 3 N–H and O–H groups in total. The average molecular weight is 436 g/mol. The van der Waals surface area contributed by atoms with Crippen LogP contribution in [0.2, 0.25) is 0 Å². The number of anilines is 4. The van der Waals surface area contributed by atoms with Gasteiger partial charge in [0.05, 0.1) is 11.4 Å². The van der Waals surface area contributed by atoms with Gasteiger partial charge < -0.3 is 5.32 Å². The second-order valence-electron chi connectivity index (χ2n) is 7.30. The van der Waals surface area contributed by atoms with Gasteiger partial charge in [-0.2, -0.15) is 20.2 Å². The van der Waals surface area contributed by atoms with Crippen LogP contribution in [0.3, 0.4) is 0 Å². The van der Waals surface area contributed by atoms with E-state index in [1.165, 1.54) is 0 Å². The quantitative estimate of drug-likeness (QED) is 0.237. The average Bonchev–Trinajstić information content (AvgIpc) is 2.87. The Bertz CT molecular complexity index is 1160. The highest BCUT2D eigenvalue weighted by atomic mass is 15.4. The summed E-state index contributed by atoms with van der Waals surface area (Å²) in [5, 5.41) is 12.2. The number of nitrogens with zero attached hydrogens (tertiary/aromatic N) is 4. The normalized spacial score (nSPS) is 11.7. The zero-order chi connectivity index (χ0) is 22.9. The van der Waals surface area contributed by atoms with E-state index >= 15 is 0 Å². The Morgan fingerprint density at radius 1 is 0.606 bits per heavy atom. The molecule has 0 atom stereocenters. The Morgan fingerprint density at radius 2 is 1.09 bits per heavy atom. The summed E-state index contributed by atoms with van der Waals surface area (Å²) in [6.45, 7) is 3.88. The third-order valence-corrected chi connectivity index (χ3v) is 4.82. The van der Waals surface area contributed by atoms with Crippen LogP contribution < -0.4 is 16.2 Å². The first-order valence-corrected chi connectivity index (χ1v) is 10.6. The Labute approximate surface area is 193 Å². The number of hydrazone groups is 2. The first kappa shape index (κ1) is 21.7. The zero-order valence-corrected chi connectivity index (χ0v) is 18.5. The lowest BCUT2D eigenvalue weighted by Gasteiger charge is -2.10. The van der Waals surface area contributed by atoms with Crippen LogP contribution in [0.25, 0.3) is 0 Å². The van der Waals surface area contributed by atoms with Gasteiger partial charge in [0.2, 0.25) is 5.95 Å². The van der Waals surface area contributed by atoms with Crippen molar-refractivity contribution in [2.75, 3.05) is 16.2 Å². The van der Waals surface area contributed by atoms with Gasteiger partial charge in [-0.25, -0.2) is 5.43 Å². The fraction of sp³-hybridized carbons (Fsp3) is 0.0769. The van der Waals surface area contributed by atoms with Gasteiger partial charge >= 0.3 is 0 Å². The van der Waals surface area contributed by atoms with Gasteiger partial charge in [-0.3, -0.25) is 5.43 Å². The Morgan fingerprint density at radius 3 is 1.67 bits per heavy atom. The Hall–Kier alpha value is -4.52. The highest BCUT2D eigenvalue weighted by Crippen LogP contribution is 2.19. The summed E-state index contributed by atoms with van der Waals surface area (Å²) in [7, 11) is 0. The lowest BCUT2D eigenvalue weighted by Crippen LogP contribution is -2.07. The number of para-hydroxylation sites is 1. The monoisotopic (exact) mass is 435 g/mol. The molecule has 33 heavy (non-hydrogen) atoms.